The highest BCUT2D eigenvalue weighted by Crippen LogP contribution is 2.26. The molecule has 1 aromatic rings. The van der Waals surface area contributed by atoms with Crippen LogP contribution in [0.25, 0.3) is 0 Å². The summed E-state index contributed by atoms with van der Waals surface area (Å²) in [6.07, 6.45) is 2.05. The number of hydrogen-bond donors (Lipinski definition) is 1. The molecule has 0 aliphatic carbocycles. The Kier molecular flexibility index (Phi) is 4.60. The zero-order valence-corrected chi connectivity index (χ0v) is 13.7. The molecule has 0 spiro atoms. The first kappa shape index (κ1) is 16.3. The molecule has 1 aromatic carbocycles. The number of hydrogen-bond acceptors (Lipinski definition) is 3. The Bertz CT molecular complexity index is 673. The monoisotopic (exact) mass is 330 g/mol. The molecule has 5 nitrogen and oxygen atoms in total. The second-order valence-electron chi connectivity index (χ2n) is 5.62. The van der Waals surface area contributed by atoms with Gasteiger partial charge in [0.05, 0.1) is 4.90 Å². The first-order valence-corrected chi connectivity index (χ1v) is 8.75. The van der Waals surface area contributed by atoms with Crippen LogP contribution in [0.4, 0.5) is 0 Å². The van der Waals surface area contributed by atoms with Gasteiger partial charge in [-0.3, -0.25) is 4.79 Å². The van der Waals surface area contributed by atoms with Crippen LogP contribution in [0.15, 0.2) is 17.0 Å². The van der Waals surface area contributed by atoms with E-state index in [9.17, 15) is 13.2 Å². The lowest BCUT2D eigenvalue weighted by atomic mass is 9.98. The minimum atomic E-state index is -3.89. The second kappa shape index (κ2) is 5.94. The van der Waals surface area contributed by atoms with Crippen molar-refractivity contribution in [1.29, 1.82) is 0 Å². The van der Waals surface area contributed by atoms with Crippen LogP contribution < -0.4 is 5.14 Å². The van der Waals surface area contributed by atoms with Crippen molar-refractivity contribution in [3.63, 3.8) is 0 Å². The summed E-state index contributed by atoms with van der Waals surface area (Å²) in [5.41, 5.74) is 0.882. The number of carbonyl (C=O) groups is 1. The van der Waals surface area contributed by atoms with Gasteiger partial charge in [0.2, 0.25) is 10.0 Å². The molecule has 0 saturated carbocycles. The normalized spacial score (nSPS) is 19.6. The number of nitrogens with zero attached hydrogens (tertiary/aromatic N) is 1. The predicted molar refractivity (Wildman–Crippen MR) is 81.9 cm³/mol. The summed E-state index contributed by atoms with van der Waals surface area (Å²) in [6.45, 7) is 5.16. The Morgan fingerprint density at radius 2 is 2.10 bits per heavy atom. The van der Waals surface area contributed by atoms with Crippen LogP contribution in [0, 0.1) is 12.8 Å². The third kappa shape index (κ3) is 3.56. The molecule has 116 valence electrons. The van der Waals surface area contributed by atoms with Crippen molar-refractivity contribution in [2.75, 3.05) is 13.1 Å². The quantitative estimate of drug-likeness (QED) is 0.902. The fourth-order valence-corrected chi connectivity index (χ4v) is 3.43. The molecule has 2 rings (SSSR count). The number of halogens is 1. The highest BCUT2D eigenvalue weighted by atomic mass is 35.5. The number of carbonyl (C=O) groups excluding carboxylic acids is 1. The van der Waals surface area contributed by atoms with E-state index in [-0.39, 0.29) is 15.8 Å². The first-order chi connectivity index (χ1) is 9.70. The van der Waals surface area contributed by atoms with Crippen molar-refractivity contribution in [2.45, 2.75) is 31.6 Å². The third-order valence-electron chi connectivity index (χ3n) is 3.82. The zero-order valence-electron chi connectivity index (χ0n) is 12.1. The number of sulfonamides is 1. The van der Waals surface area contributed by atoms with Crippen LogP contribution in [0.3, 0.4) is 0 Å². The summed E-state index contributed by atoms with van der Waals surface area (Å²) in [7, 11) is -3.89. The zero-order chi connectivity index (χ0) is 15.8. The molecule has 7 heteroatoms. The van der Waals surface area contributed by atoms with Gasteiger partial charge in [-0.15, -0.1) is 0 Å². The smallest absolute Gasteiger partial charge is 0.254 e. The van der Waals surface area contributed by atoms with Crippen LogP contribution in [-0.4, -0.2) is 32.3 Å². The molecule has 1 atom stereocenters. The topological polar surface area (TPSA) is 80.5 Å². The van der Waals surface area contributed by atoms with Gasteiger partial charge in [0.15, 0.2) is 0 Å². The lowest BCUT2D eigenvalue weighted by Crippen LogP contribution is -2.39. The van der Waals surface area contributed by atoms with Gasteiger partial charge in [-0.2, -0.15) is 0 Å². The molecule has 0 aromatic heterocycles. The Morgan fingerprint density at radius 1 is 1.43 bits per heavy atom. The molecule has 0 radical (unpaired) electrons. The Morgan fingerprint density at radius 3 is 2.67 bits per heavy atom. The Balaban J connectivity index is 2.43. The molecule has 1 heterocycles. The molecule has 1 amide bonds. The van der Waals surface area contributed by atoms with E-state index in [1.807, 2.05) is 0 Å². The van der Waals surface area contributed by atoms with Crippen LogP contribution in [0.5, 0.6) is 0 Å². The van der Waals surface area contributed by atoms with Crippen molar-refractivity contribution in [1.82, 2.24) is 4.90 Å². The highest BCUT2D eigenvalue weighted by Gasteiger charge is 2.25. The van der Waals surface area contributed by atoms with E-state index in [4.69, 9.17) is 16.7 Å². The van der Waals surface area contributed by atoms with Gasteiger partial charge < -0.3 is 4.90 Å². The van der Waals surface area contributed by atoms with E-state index >= 15 is 0 Å². The lowest BCUT2D eigenvalue weighted by Gasteiger charge is -2.31. The fourth-order valence-electron chi connectivity index (χ4n) is 2.58. The average Bonchev–Trinajstić information content (AvgIpc) is 2.39. The summed E-state index contributed by atoms with van der Waals surface area (Å²) in [5.74, 6) is 0.256. The summed E-state index contributed by atoms with van der Waals surface area (Å²) >= 11 is 6.05. The van der Waals surface area contributed by atoms with Crippen LogP contribution in [0.2, 0.25) is 5.02 Å². The van der Waals surface area contributed by atoms with E-state index in [1.54, 1.807) is 11.8 Å². The largest absolute Gasteiger partial charge is 0.338 e. The molecule has 1 fully saturated rings. The van der Waals surface area contributed by atoms with Gasteiger partial charge in [0.25, 0.3) is 5.91 Å². The van der Waals surface area contributed by atoms with Gasteiger partial charge >= 0.3 is 0 Å². The number of piperidine rings is 1. The summed E-state index contributed by atoms with van der Waals surface area (Å²) < 4.78 is 23.0. The van der Waals surface area contributed by atoms with Crippen molar-refractivity contribution >= 4 is 27.5 Å². The van der Waals surface area contributed by atoms with E-state index < -0.39 is 10.0 Å². The van der Waals surface area contributed by atoms with E-state index in [0.29, 0.717) is 30.1 Å². The molecule has 1 aliphatic heterocycles. The maximum absolute atomic E-state index is 12.6. The number of benzene rings is 1. The molecule has 2 N–H and O–H groups in total. The maximum Gasteiger partial charge on any atom is 0.254 e. The van der Waals surface area contributed by atoms with Crippen LogP contribution >= 0.6 is 11.6 Å². The third-order valence-corrected chi connectivity index (χ3v) is 5.11. The molecule has 1 unspecified atom stereocenters. The molecule has 1 aliphatic rings. The first-order valence-electron chi connectivity index (χ1n) is 6.82. The maximum atomic E-state index is 12.6. The molecule has 21 heavy (non-hydrogen) atoms. The van der Waals surface area contributed by atoms with Gasteiger partial charge in [0.1, 0.15) is 0 Å². The van der Waals surface area contributed by atoms with Crippen molar-refractivity contribution in [3.8, 4) is 0 Å². The Hall–Kier alpha value is -1.11. The van der Waals surface area contributed by atoms with Gasteiger partial charge in [-0.05, 0) is 43.4 Å². The Labute approximate surface area is 130 Å². The summed E-state index contributed by atoms with van der Waals surface area (Å²) in [6, 6.07) is 2.60. The second-order valence-corrected chi connectivity index (χ2v) is 7.59. The van der Waals surface area contributed by atoms with Gasteiger partial charge in [-0.1, -0.05) is 18.5 Å². The van der Waals surface area contributed by atoms with Crippen molar-refractivity contribution < 1.29 is 13.2 Å². The average molecular weight is 331 g/mol. The van der Waals surface area contributed by atoms with Crippen molar-refractivity contribution in [2.24, 2.45) is 11.1 Å². The highest BCUT2D eigenvalue weighted by molar-refractivity contribution is 7.89. The molecular weight excluding hydrogens is 312 g/mol. The van der Waals surface area contributed by atoms with Crippen LogP contribution in [0.1, 0.15) is 35.7 Å². The number of rotatable bonds is 2. The van der Waals surface area contributed by atoms with Gasteiger partial charge in [0, 0.05) is 23.7 Å². The molecule has 0 bridgehead atoms. The molecule has 1 saturated heterocycles. The van der Waals surface area contributed by atoms with Crippen molar-refractivity contribution in [3.05, 3.63) is 28.3 Å². The lowest BCUT2D eigenvalue weighted by molar-refractivity contribution is 0.0682. The SMILES string of the molecule is Cc1c(Cl)cc(S(N)(=O)=O)cc1C(=O)N1CCCC(C)C1. The van der Waals surface area contributed by atoms with E-state index in [1.165, 1.54) is 12.1 Å². The number of amides is 1. The van der Waals surface area contributed by atoms with Gasteiger partial charge in [-0.25, -0.2) is 13.6 Å². The molecular formula is C14H19ClN2O3S. The van der Waals surface area contributed by atoms with Crippen LogP contribution in [-0.2, 0) is 10.0 Å². The number of primary sulfonamides is 1. The van der Waals surface area contributed by atoms with E-state index in [0.717, 1.165) is 12.8 Å². The standard InChI is InChI=1S/C14H19ClN2O3S/c1-9-4-3-5-17(8-9)14(18)12-6-11(21(16,19)20)7-13(15)10(12)2/h6-7,9H,3-5,8H2,1-2H3,(H2,16,19,20). The summed E-state index contributed by atoms with van der Waals surface area (Å²) in [4.78, 5) is 14.2. The number of likely N-dealkylation sites (tertiary alicyclic amines) is 1. The van der Waals surface area contributed by atoms with E-state index in [2.05, 4.69) is 6.92 Å². The number of nitrogens with two attached hydrogens (primary N) is 1. The predicted octanol–water partition coefficient (Wildman–Crippen LogP) is 2.17. The fraction of sp³-hybridized carbons (Fsp3) is 0.500. The minimum absolute atomic E-state index is 0.133. The summed E-state index contributed by atoms with van der Waals surface area (Å²) in [5, 5.41) is 5.37. The minimum Gasteiger partial charge on any atom is -0.338 e.